The van der Waals surface area contributed by atoms with E-state index in [0.717, 1.165) is 4.88 Å². The smallest absolute Gasteiger partial charge is 0.331 e. The summed E-state index contributed by atoms with van der Waals surface area (Å²) in [7, 11) is 3.06. The Bertz CT molecular complexity index is 761. The van der Waals surface area contributed by atoms with E-state index >= 15 is 0 Å². The minimum absolute atomic E-state index is 0.214. The summed E-state index contributed by atoms with van der Waals surface area (Å²) in [6.45, 7) is 1.64. The van der Waals surface area contributed by atoms with Crippen LogP contribution in [-0.4, -0.2) is 32.6 Å². The van der Waals surface area contributed by atoms with Crippen molar-refractivity contribution < 1.29 is 23.8 Å². The van der Waals surface area contributed by atoms with Gasteiger partial charge in [-0.05, 0) is 31.2 Å². The number of rotatable bonds is 7. The number of hydrogen-bond acceptors (Lipinski definition) is 6. The Balaban J connectivity index is 1.97. The van der Waals surface area contributed by atoms with Crippen LogP contribution in [-0.2, 0) is 9.53 Å². The summed E-state index contributed by atoms with van der Waals surface area (Å²) in [4.78, 5) is 25.3. The van der Waals surface area contributed by atoms with Crippen LogP contribution in [0.25, 0.3) is 6.08 Å². The molecule has 1 aromatic heterocycles. The SMILES string of the molecule is COc1cccc(/C=C/C(=O)OCC(=O)c2ccc(C)s2)c1OC. The number of ether oxygens (including phenoxy) is 3. The van der Waals surface area contributed by atoms with Gasteiger partial charge in [-0.1, -0.05) is 12.1 Å². The molecule has 0 radical (unpaired) electrons. The molecule has 5 nitrogen and oxygen atoms in total. The van der Waals surface area contributed by atoms with Crippen LogP contribution in [0.1, 0.15) is 20.1 Å². The van der Waals surface area contributed by atoms with Crippen molar-refractivity contribution >= 4 is 29.2 Å². The predicted octanol–water partition coefficient (Wildman–Crippen LogP) is 3.51. The van der Waals surface area contributed by atoms with Crippen molar-refractivity contribution in [2.45, 2.75) is 6.92 Å². The molecule has 0 amide bonds. The maximum absolute atomic E-state index is 11.9. The molecule has 24 heavy (non-hydrogen) atoms. The van der Waals surface area contributed by atoms with Crippen LogP contribution >= 0.6 is 11.3 Å². The van der Waals surface area contributed by atoms with Gasteiger partial charge >= 0.3 is 5.97 Å². The number of thiophene rings is 1. The first-order valence-corrected chi connectivity index (χ1v) is 8.02. The minimum atomic E-state index is -0.596. The van der Waals surface area contributed by atoms with E-state index in [2.05, 4.69) is 0 Å². The highest BCUT2D eigenvalue weighted by Crippen LogP contribution is 2.31. The van der Waals surface area contributed by atoms with E-state index in [-0.39, 0.29) is 12.4 Å². The van der Waals surface area contributed by atoms with Crippen LogP contribution in [0, 0.1) is 6.92 Å². The van der Waals surface area contributed by atoms with Gasteiger partial charge in [0.2, 0.25) is 5.78 Å². The summed E-state index contributed by atoms with van der Waals surface area (Å²) in [6, 6.07) is 8.91. The van der Waals surface area contributed by atoms with Crippen LogP contribution in [0.5, 0.6) is 11.5 Å². The number of esters is 1. The highest BCUT2D eigenvalue weighted by Gasteiger charge is 2.11. The van der Waals surface area contributed by atoms with E-state index in [1.807, 2.05) is 13.0 Å². The number of ketones is 1. The Labute approximate surface area is 144 Å². The molecule has 0 saturated heterocycles. The quantitative estimate of drug-likeness (QED) is 0.436. The van der Waals surface area contributed by atoms with E-state index in [9.17, 15) is 9.59 Å². The molecule has 1 heterocycles. The third kappa shape index (κ3) is 4.45. The van der Waals surface area contributed by atoms with Gasteiger partial charge in [-0.3, -0.25) is 4.79 Å². The number of carbonyl (C=O) groups excluding carboxylic acids is 2. The molecular weight excluding hydrogens is 328 g/mol. The van der Waals surface area contributed by atoms with Crippen LogP contribution in [0.4, 0.5) is 0 Å². The van der Waals surface area contributed by atoms with Crippen LogP contribution in [0.15, 0.2) is 36.4 Å². The van der Waals surface area contributed by atoms with Gasteiger partial charge in [0.15, 0.2) is 18.1 Å². The lowest BCUT2D eigenvalue weighted by Crippen LogP contribution is -2.11. The maximum Gasteiger partial charge on any atom is 0.331 e. The van der Waals surface area contributed by atoms with Gasteiger partial charge in [-0.25, -0.2) is 4.79 Å². The molecule has 2 aromatic rings. The average molecular weight is 346 g/mol. The second-order valence-electron chi connectivity index (χ2n) is 4.86. The van der Waals surface area contributed by atoms with Gasteiger partial charge in [0.25, 0.3) is 0 Å². The molecular formula is C18H18O5S. The zero-order chi connectivity index (χ0) is 17.5. The highest BCUT2D eigenvalue weighted by molar-refractivity contribution is 7.14. The van der Waals surface area contributed by atoms with E-state index < -0.39 is 5.97 Å². The third-order valence-corrected chi connectivity index (χ3v) is 4.23. The predicted molar refractivity (Wildman–Crippen MR) is 92.9 cm³/mol. The summed E-state index contributed by atoms with van der Waals surface area (Å²) in [5.74, 6) is 0.278. The molecule has 0 saturated carbocycles. The molecule has 126 valence electrons. The molecule has 0 aliphatic rings. The molecule has 0 fully saturated rings. The molecule has 0 N–H and O–H groups in total. The van der Waals surface area contributed by atoms with Crippen LogP contribution < -0.4 is 9.47 Å². The van der Waals surface area contributed by atoms with Gasteiger partial charge < -0.3 is 14.2 Å². The number of hydrogen-bond donors (Lipinski definition) is 0. The van der Waals surface area contributed by atoms with Crippen molar-refractivity contribution in [3.63, 3.8) is 0 Å². The van der Waals surface area contributed by atoms with Crippen molar-refractivity contribution in [3.05, 3.63) is 51.7 Å². The Morgan fingerprint density at radius 3 is 2.54 bits per heavy atom. The second-order valence-corrected chi connectivity index (χ2v) is 6.15. The summed E-state index contributed by atoms with van der Waals surface area (Å²) >= 11 is 1.38. The number of para-hydroxylation sites is 1. The Hall–Kier alpha value is -2.60. The number of benzene rings is 1. The van der Waals surface area contributed by atoms with E-state index in [0.29, 0.717) is 21.9 Å². The normalized spacial score (nSPS) is 10.6. The first-order chi connectivity index (χ1) is 11.5. The van der Waals surface area contributed by atoms with Crippen molar-refractivity contribution in [3.8, 4) is 11.5 Å². The van der Waals surface area contributed by atoms with E-state index in [4.69, 9.17) is 14.2 Å². The fourth-order valence-corrected chi connectivity index (χ4v) is 2.83. The van der Waals surface area contributed by atoms with Gasteiger partial charge in [-0.2, -0.15) is 0 Å². The topological polar surface area (TPSA) is 61.8 Å². The highest BCUT2D eigenvalue weighted by atomic mass is 32.1. The fraction of sp³-hybridized carbons (Fsp3) is 0.222. The summed E-state index contributed by atoms with van der Waals surface area (Å²) < 4.78 is 15.5. The molecule has 0 aliphatic carbocycles. The molecule has 6 heteroatoms. The lowest BCUT2D eigenvalue weighted by atomic mass is 10.1. The molecule has 2 rings (SSSR count). The van der Waals surface area contributed by atoms with E-state index in [1.165, 1.54) is 31.6 Å². The first-order valence-electron chi connectivity index (χ1n) is 7.20. The molecule has 0 unspecified atom stereocenters. The lowest BCUT2D eigenvalue weighted by Gasteiger charge is -2.09. The Morgan fingerprint density at radius 2 is 1.92 bits per heavy atom. The molecule has 0 bridgehead atoms. The summed E-state index contributed by atoms with van der Waals surface area (Å²) in [6.07, 6.45) is 2.81. The number of methoxy groups -OCH3 is 2. The van der Waals surface area contributed by atoms with Crippen molar-refractivity contribution in [1.82, 2.24) is 0 Å². The first kappa shape index (κ1) is 17.7. The zero-order valence-electron chi connectivity index (χ0n) is 13.7. The summed E-state index contributed by atoms with van der Waals surface area (Å²) in [5, 5.41) is 0. The van der Waals surface area contributed by atoms with Gasteiger partial charge in [-0.15, -0.1) is 11.3 Å². The van der Waals surface area contributed by atoms with Gasteiger partial charge in [0.05, 0.1) is 19.1 Å². The lowest BCUT2D eigenvalue weighted by molar-refractivity contribution is -0.136. The summed E-state index contributed by atoms with van der Waals surface area (Å²) in [5.41, 5.74) is 0.675. The van der Waals surface area contributed by atoms with Gasteiger partial charge in [0, 0.05) is 16.5 Å². The second kappa shape index (κ2) is 8.31. The Kier molecular flexibility index (Phi) is 6.14. The number of aryl methyl sites for hydroxylation is 1. The van der Waals surface area contributed by atoms with Gasteiger partial charge in [0.1, 0.15) is 0 Å². The standard InChI is InChI=1S/C18H18O5S/c1-12-7-9-16(24-12)14(19)11-23-17(20)10-8-13-5-4-6-15(21-2)18(13)22-3/h4-10H,11H2,1-3H3/b10-8+. The maximum atomic E-state index is 11.9. The Morgan fingerprint density at radius 1 is 1.12 bits per heavy atom. The number of carbonyl (C=O) groups is 2. The van der Waals surface area contributed by atoms with Crippen molar-refractivity contribution in [2.24, 2.45) is 0 Å². The molecule has 0 aliphatic heterocycles. The average Bonchev–Trinajstić information content (AvgIpc) is 3.03. The molecule has 0 spiro atoms. The fourth-order valence-electron chi connectivity index (χ4n) is 2.04. The number of Topliss-reactive ketones (excluding diaryl/α,β-unsaturated/α-hetero) is 1. The third-order valence-electron chi connectivity index (χ3n) is 3.19. The van der Waals surface area contributed by atoms with Crippen molar-refractivity contribution in [2.75, 3.05) is 20.8 Å². The monoisotopic (exact) mass is 346 g/mol. The van der Waals surface area contributed by atoms with E-state index in [1.54, 1.807) is 30.3 Å². The molecule has 1 aromatic carbocycles. The molecule has 0 atom stereocenters. The zero-order valence-corrected chi connectivity index (χ0v) is 14.5. The van der Waals surface area contributed by atoms with Crippen LogP contribution in [0.3, 0.4) is 0 Å². The largest absolute Gasteiger partial charge is 0.493 e. The van der Waals surface area contributed by atoms with Crippen molar-refractivity contribution in [1.29, 1.82) is 0 Å². The van der Waals surface area contributed by atoms with Crippen LogP contribution in [0.2, 0.25) is 0 Å². The minimum Gasteiger partial charge on any atom is -0.493 e.